The lowest BCUT2D eigenvalue weighted by Crippen LogP contribution is -2.30. The van der Waals surface area contributed by atoms with Crippen molar-refractivity contribution in [3.05, 3.63) is 59.8 Å². The van der Waals surface area contributed by atoms with Gasteiger partial charge in [-0.3, -0.25) is 14.4 Å². The van der Waals surface area contributed by atoms with Crippen LogP contribution in [-0.4, -0.2) is 28.9 Å². The number of ether oxygens (including phenoxy) is 1. The molecule has 3 rings (SSSR count). The first-order valence-electron chi connectivity index (χ1n) is 8.38. The molecule has 0 unspecified atom stereocenters. The Morgan fingerprint density at radius 1 is 1.11 bits per heavy atom. The quantitative estimate of drug-likeness (QED) is 0.531. The van der Waals surface area contributed by atoms with E-state index in [-0.39, 0.29) is 12.2 Å². The Morgan fingerprint density at radius 3 is 2.52 bits per heavy atom. The molecule has 2 aromatic carbocycles. The van der Waals surface area contributed by atoms with E-state index in [4.69, 9.17) is 9.26 Å². The average Bonchev–Trinajstić information content (AvgIpc) is 3.05. The summed E-state index contributed by atoms with van der Waals surface area (Å²) in [6.45, 7) is 2.95. The lowest BCUT2D eigenvalue weighted by molar-refractivity contribution is -0.152. The number of fused-ring (bicyclic) bond motifs is 1. The van der Waals surface area contributed by atoms with Crippen LogP contribution in [0, 0.1) is 0 Å². The molecular weight excluding hydrogens is 348 g/mol. The number of benzene rings is 2. The second-order valence-electron chi connectivity index (χ2n) is 6.06. The number of nitrogens with zero attached hydrogens (tertiary/aromatic N) is 1. The molecule has 27 heavy (non-hydrogen) atoms. The second-order valence-corrected chi connectivity index (χ2v) is 6.06. The molecule has 0 aliphatic heterocycles. The van der Waals surface area contributed by atoms with Gasteiger partial charge in [0.05, 0.1) is 6.42 Å². The summed E-state index contributed by atoms with van der Waals surface area (Å²) in [5, 5.41) is 7.25. The van der Waals surface area contributed by atoms with E-state index in [0.717, 1.165) is 5.39 Å². The lowest BCUT2D eigenvalue weighted by Gasteiger charge is -2.13. The summed E-state index contributed by atoms with van der Waals surface area (Å²) in [6.07, 6.45) is -1.08. The third-order valence-electron chi connectivity index (χ3n) is 4.00. The second kappa shape index (κ2) is 7.82. The molecule has 138 valence electrons. The smallest absolute Gasteiger partial charge is 0.312 e. The molecule has 0 aliphatic rings. The van der Waals surface area contributed by atoms with Crippen molar-refractivity contribution in [2.45, 2.75) is 26.4 Å². The monoisotopic (exact) mass is 366 g/mol. The summed E-state index contributed by atoms with van der Waals surface area (Å²) < 4.78 is 10.3. The molecule has 0 aliphatic carbocycles. The maximum absolute atomic E-state index is 12.2. The zero-order chi connectivity index (χ0) is 19.4. The lowest BCUT2D eigenvalue weighted by atomic mass is 10.1. The molecule has 3 aromatic rings. The summed E-state index contributed by atoms with van der Waals surface area (Å²) >= 11 is 0. The van der Waals surface area contributed by atoms with Gasteiger partial charge in [-0.2, -0.15) is 0 Å². The van der Waals surface area contributed by atoms with Crippen LogP contribution in [0.1, 0.15) is 29.9 Å². The molecule has 0 fully saturated rings. The molecule has 7 nitrogen and oxygen atoms in total. The topological polar surface area (TPSA) is 98.5 Å². The maximum Gasteiger partial charge on any atom is 0.312 e. The Kier molecular flexibility index (Phi) is 5.30. The maximum atomic E-state index is 12.2. The van der Waals surface area contributed by atoms with Gasteiger partial charge in [-0.05, 0) is 50.2 Å². The van der Waals surface area contributed by atoms with Crippen molar-refractivity contribution in [2.24, 2.45) is 0 Å². The number of anilines is 1. The highest BCUT2D eigenvalue weighted by Gasteiger charge is 2.20. The van der Waals surface area contributed by atoms with Crippen LogP contribution in [0.2, 0.25) is 0 Å². The SMILES string of the molecule is CC(=O)c1ccc(NC(=O)[C@H](C)OC(=O)Cc2noc3ccccc23)cc1. The van der Waals surface area contributed by atoms with Crippen LogP contribution in [-0.2, 0) is 20.7 Å². The van der Waals surface area contributed by atoms with Gasteiger partial charge in [0, 0.05) is 16.6 Å². The Hall–Kier alpha value is -3.48. The van der Waals surface area contributed by atoms with E-state index in [1.807, 2.05) is 12.1 Å². The average molecular weight is 366 g/mol. The number of para-hydroxylation sites is 1. The summed E-state index contributed by atoms with van der Waals surface area (Å²) in [6, 6.07) is 13.6. The molecule has 0 saturated carbocycles. The third-order valence-corrected chi connectivity index (χ3v) is 4.00. The highest BCUT2D eigenvalue weighted by molar-refractivity contribution is 5.97. The number of aromatic nitrogens is 1. The fourth-order valence-corrected chi connectivity index (χ4v) is 2.53. The molecular formula is C20H18N2O5. The van der Waals surface area contributed by atoms with Crippen LogP contribution in [0.5, 0.6) is 0 Å². The first-order chi connectivity index (χ1) is 12.9. The fraction of sp³-hybridized carbons (Fsp3) is 0.200. The molecule has 0 radical (unpaired) electrons. The van der Waals surface area contributed by atoms with E-state index in [1.165, 1.54) is 13.8 Å². The number of hydrogen-bond acceptors (Lipinski definition) is 6. The van der Waals surface area contributed by atoms with Gasteiger partial charge < -0.3 is 14.6 Å². The molecule has 1 N–H and O–H groups in total. The predicted molar refractivity (Wildman–Crippen MR) is 98.3 cm³/mol. The van der Waals surface area contributed by atoms with Crippen molar-refractivity contribution >= 4 is 34.3 Å². The summed E-state index contributed by atoms with van der Waals surface area (Å²) in [7, 11) is 0. The van der Waals surface area contributed by atoms with Crippen molar-refractivity contribution in [1.29, 1.82) is 0 Å². The minimum absolute atomic E-state index is 0.0597. The number of carbonyl (C=O) groups excluding carboxylic acids is 3. The van der Waals surface area contributed by atoms with E-state index in [9.17, 15) is 14.4 Å². The van der Waals surface area contributed by atoms with Crippen molar-refractivity contribution in [1.82, 2.24) is 5.16 Å². The van der Waals surface area contributed by atoms with Gasteiger partial charge in [-0.1, -0.05) is 17.3 Å². The van der Waals surface area contributed by atoms with E-state index in [0.29, 0.717) is 22.5 Å². The first-order valence-corrected chi connectivity index (χ1v) is 8.38. The molecule has 1 amide bonds. The van der Waals surface area contributed by atoms with Gasteiger partial charge in [-0.15, -0.1) is 0 Å². The van der Waals surface area contributed by atoms with Gasteiger partial charge in [0.1, 0.15) is 5.69 Å². The van der Waals surface area contributed by atoms with E-state index < -0.39 is 18.0 Å². The van der Waals surface area contributed by atoms with Gasteiger partial charge in [0.2, 0.25) is 0 Å². The minimum Gasteiger partial charge on any atom is -0.452 e. The highest BCUT2D eigenvalue weighted by Crippen LogP contribution is 2.18. The molecule has 1 heterocycles. The number of hydrogen-bond donors (Lipinski definition) is 1. The molecule has 0 spiro atoms. The number of ketones is 1. The number of Topliss-reactive ketones (excluding diaryl/α,β-unsaturated/α-hetero) is 1. The fourth-order valence-electron chi connectivity index (χ4n) is 2.53. The summed E-state index contributed by atoms with van der Waals surface area (Å²) in [5.74, 6) is -1.11. The van der Waals surface area contributed by atoms with Gasteiger partial charge >= 0.3 is 5.97 Å². The molecule has 0 bridgehead atoms. The number of rotatable bonds is 6. The Morgan fingerprint density at radius 2 is 1.81 bits per heavy atom. The third kappa shape index (κ3) is 4.38. The van der Waals surface area contributed by atoms with E-state index >= 15 is 0 Å². The summed E-state index contributed by atoms with van der Waals surface area (Å²) in [4.78, 5) is 35.6. The van der Waals surface area contributed by atoms with Crippen molar-refractivity contribution in [3.8, 4) is 0 Å². The molecule has 1 aromatic heterocycles. The van der Waals surface area contributed by atoms with Gasteiger partial charge in [-0.25, -0.2) is 0 Å². The van der Waals surface area contributed by atoms with Gasteiger partial charge in [0.15, 0.2) is 17.5 Å². The standard InChI is InChI=1S/C20H18N2O5/c1-12(23)14-7-9-15(10-8-14)21-20(25)13(2)26-19(24)11-17-16-5-3-4-6-18(16)27-22-17/h3-10,13H,11H2,1-2H3,(H,21,25)/t13-/m0/s1. The number of esters is 1. The van der Waals surface area contributed by atoms with Crippen molar-refractivity contribution in [3.63, 3.8) is 0 Å². The van der Waals surface area contributed by atoms with Crippen molar-refractivity contribution in [2.75, 3.05) is 5.32 Å². The number of amides is 1. The van der Waals surface area contributed by atoms with Crippen molar-refractivity contribution < 1.29 is 23.6 Å². The molecule has 7 heteroatoms. The Labute approximate surface area is 155 Å². The zero-order valence-corrected chi connectivity index (χ0v) is 14.9. The zero-order valence-electron chi connectivity index (χ0n) is 14.9. The van der Waals surface area contributed by atoms with Gasteiger partial charge in [0.25, 0.3) is 5.91 Å². The van der Waals surface area contributed by atoms with Crippen LogP contribution in [0.15, 0.2) is 53.1 Å². The predicted octanol–water partition coefficient (Wildman–Crippen LogP) is 3.14. The summed E-state index contributed by atoms with van der Waals surface area (Å²) in [5.41, 5.74) is 2.10. The highest BCUT2D eigenvalue weighted by atomic mass is 16.5. The van der Waals surface area contributed by atoms with E-state index in [1.54, 1.807) is 36.4 Å². The van der Waals surface area contributed by atoms with Crippen LogP contribution in [0.3, 0.4) is 0 Å². The normalized spacial score (nSPS) is 11.8. The van der Waals surface area contributed by atoms with Crippen LogP contribution in [0.25, 0.3) is 11.0 Å². The van der Waals surface area contributed by atoms with Crippen LogP contribution >= 0.6 is 0 Å². The Balaban J connectivity index is 1.57. The first kappa shape index (κ1) is 18.3. The molecule has 0 saturated heterocycles. The number of nitrogens with one attached hydrogen (secondary N) is 1. The van der Waals surface area contributed by atoms with E-state index in [2.05, 4.69) is 10.5 Å². The Bertz CT molecular complexity index is 991. The minimum atomic E-state index is -0.983. The molecule has 1 atom stereocenters. The van der Waals surface area contributed by atoms with Crippen LogP contribution in [0.4, 0.5) is 5.69 Å². The van der Waals surface area contributed by atoms with Crippen LogP contribution < -0.4 is 5.32 Å². The largest absolute Gasteiger partial charge is 0.452 e. The number of carbonyl (C=O) groups is 3.